The Morgan fingerprint density at radius 3 is 2.92 bits per heavy atom. The predicted octanol–water partition coefficient (Wildman–Crippen LogP) is 1.28. The number of hydrogen-bond donors (Lipinski definition) is 0. The van der Waals surface area contributed by atoms with E-state index in [1.54, 1.807) is 11.3 Å². The first-order chi connectivity index (χ1) is 6.34. The van der Waals surface area contributed by atoms with Gasteiger partial charge >= 0.3 is 0 Å². The van der Waals surface area contributed by atoms with Crippen LogP contribution < -0.4 is 0 Å². The first-order valence-electron chi connectivity index (χ1n) is 4.56. The molecule has 0 bridgehead atoms. The zero-order valence-electron chi connectivity index (χ0n) is 7.82. The number of nitrogens with zero attached hydrogens (tertiary/aromatic N) is 2. The van der Waals surface area contributed by atoms with Crippen LogP contribution in [0.5, 0.6) is 0 Å². The van der Waals surface area contributed by atoms with Crippen molar-refractivity contribution >= 4 is 11.3 Å². The number of aromatic nitrogens is 1. The minimum Gasteiger partial charge on any atom is -0.379 e. The monoisotopic (exact) mass is 198 g/mol. The molecule has 0 N–H and O–H groups in total. The Labute approximate surface area is 82.3 Å². The lowest BCUT2D eigenvalue weighted by Gasteiger charge is -2.25. The fourth-order valence-corrected chi connectivity index (χ4v) is 2.07. The molecule has 0 amide bonds. The van der Waals surface area contributed by atoms with Crippen molar-refractivity contribution < 1.29 is 4.74 Å². The molecule has 2 heterocycles. The summed E-state index contributed by atoms with van der Waals surface area (Å²) in [5.74, 6) is 0. The van der Waals surface area contributed by atoms with E-state index in [4.69, 9.17) is 4.74 Å². The van der Waals surface area contributed by atoms with Gasteiger partial charge in [-0.05, 0) is 6.92 Å². The second kappa shape index (κ2) is 4.17. The Hall–Kier alpha value is -0.450. The van der Waals surface area contributed by atoms with Gasteiger partial charge < -0.3 is 4.74 Å². The third-order valence-electron chi connectivity index (χ3n) is 2.16. The van der Waals surface area contributed by atoms with E-state index in [9.17, 15) is 0 Å². The molecule has 0 unspecified atom stereocenters. The summed E-state index contributed by atoms with van der Waals surface area (Å²) in [4.78, 5) is 6.83. The van der Waals surface area contributed by atoms with Gasteiger partial charge in [-0.3, -0.25) is 4.90 Å². The Kier molecular flexibility index (Phi) is 2.93. The normalized spacial score (nSPS) is 19.2. The molecule has 0 spiro atoms. The number of thiazole rings is 1. The molecule has 1 aromatic heterocycles. The highest BCUT2D eigenvalue weighted by atomic mass is 32.1. The molecule has 3 nitrogen and oxygen atoms in total. The second-order valence-corrected chi connectivity index (χ2v) is 4.31. The summed E-state index contributed by atoms with van der Waals surface area (Å²) >= 11 is 1.72. The van der Waals surface area contributed by atoms with Crippen LogP contribution in [0.25, 0.3) is 0 Å². The summed E-state index contributed by atoms with van der Waals surface area (Å²) in [6.45, 7) is 6.83. The molecule has 72 valence electrons. The smallest absolute Gasteiger partial charge is 0.0897 e. The molecular formula is C9H14N2OS. The van der Waals surface area contributed by atoms with Crippen LogP contribution in [0, 0.1) is 6.92 Å². The molecule has 0 saturated carbocycles. The van der Waals surface area contributed by atoms with Crippen LogP contribution in [-0.2, 0) is 11.3 Å². The Morgan fingerprint density at radius 1 is 1.54 bits per heavy atom. The van der Waals surface area contributed by atoms with E-state index < -0.39 is 0 Å². The van der Waals surface area contributed by atoms with Gasteiger partial charge in [0.1, 0.15) is 0 Å². The van der Waals surface area contributed by atoms with Gasteiger partial charge in [-0.15, -0.1) is 11.3 Å². The summed E-state index contributed by atoms with van der Waals surface area (Å²) < 4.78 is 5.28. The first-order valence-corrected chi connectivity index (χ1v) is 5.43. The van der Waals surface area contributed by atoms with Crippen LogP contribution in [0.4, 0.5) is 0 Å². The number of aryl methyl sites for hydroxylation is 1. The van der Waals surface area contributed by atoms with Crippen LogP contribution in [0.2, 0.25) is 0 Å². The predicted molar refractivity (Wildman–Crippen MR) is 52.9 cm³/mol. The molecule has 1 aliphatic heterocycles. The lowest BCUT2D eigenvalue weighted by molar-refractivity contribution is 0.0337. The molecule has 1 fully saturated rings. The van der Waals surface area contributed by atoms with Gasteiger partial charge in [-0.2, -0.15) is 0 Å². The van der Waals surface area contributed by atoms with Crippen molar-refractivity contribution in [2.75, 3.05) is 26.3 Å². The third kappa shape index (κ3) is 2.49. The van der Waals surface area contributed by atoms with Crippen molar-refractivity contribution in [2.24, 2.45) is 0 Å². The largest absolute Gasteiger partial charge is 0.379 e. The summed E-state index contributed by atoms with van der Waals surface area (Å²) in [6, 6.07) is 0. The van der Waals surface area contributed by atoms with Crippen LogP contribution in [0.15, 0.2) is 5.38 Å². The van der Waals surface area contributed by atoms with Crippen molar-refractivity contribution in [3.8, 4) is 0 Å². The van der Waals surface area contributed by atoms with Crippen LogP contribution in [-0.4, -0.2) is 36.2 Å². The molecule has 0 radical (unpaired) electrons. The molecule has 0 aromatic carbocycles. The SMILES string of the molecule is Cc1nc(CN2CCOCC2)cs1. The fourth-order valence-electron chi connectivity index (χ4n) is 1.47. The quantitative estimate of drug-likeness (QED) is 0.716. The highest BCUT2D eigenvalue weighted by Gasteiger charge is 2.11. The number of ether oxygens (including phenoxy) is 1. The van der Waals surface area contributed by atoms with E-state index in [0.717, 1.165) is 37.9 Å². The van der Waals surface area contributed by atoms with E-state index >= 15 is 0 Å². The molecule has 2 rings (SSSR count). The van der Waals surface area contributed by atoms with E-state index in [-0.39, 0.29) is 0 Å². The molecule has 4 heteroatoms. The van der Waals surface area contributed by atoms with Crippen molar-refractivity contribution in [3.05, 3.63) is 16.1 Å². The zero-order valence-corrected chi connectivity index (χ0v) is 8.64. The molecule has 1 saturated heterocycles. The van der Waals surface area contributed by atoms with Crippen LogP contribution in [0.1, 0.15) is 10.7 Å². The maximum Gasteiger partial charge on any atom is 0.0897 e. The average molecular weight is 198 g/mol. The highest BCUT2D eigenvalue weighted by molar-refractivity contribution is 7.09. The lowest BCUT2D eigenvalue weighted by Crippen LogP contribution is -2.35. The molecule has 13 heavy (non-hydrogen) atoms. The van der Waals surface area contributed by atoms with E-state index in [2.05, 4.69) is 15.3 Å². The van der Waals surface area contributed by atoms with Crippen molar-refractivity contribution in [1.82, 2.24) is 9.88 Å². The summed E-state index contributed by atoms with van der Waals surface area (Å²) in [6.07, 6.45) is 0. The standard InChI is InChI=1S/C9H14N2OS/c1-8-10-9(7-13-8)6-11-2-4-12-5-3-11/h7H,2-6H2,1H3. The van der Waals surface area contributed by atoms with Crippen LogP contribution in [0.3, 0.4) is 0 Å². The van der Waals surface area contributed by atoms with E-state index in [1.807, 2.05) is 6.92 Å². The molecular weight excluding hydrogens is 184 g/mol. The van der Waals surface area contributed by atoms with E-state index in [1.165, 1.54) is 5.69 Å². The van der Waals surface area contributed by atoms with Gasteiger partial charge in [0.15, 0.2) is 0 Å². The maximum absolute atomic E-state index is 5.28. The van der Waals surface area contributed by atoms with Gasteiger partial charge in [-0.1, -0.05) is 0 Å². The summed E-state index contributed by atoms with van der Waals surface area (Å²) in [5, 5.41) is 3.30. The average Bonchev–Trinajstić information content (AvgIpc) is 2.53. The minimum absolute atomic E-state index is 0.864. The molecule has 0 atom stereocenters. The first kappa shape index (κ1) is 9.12. The maximum atomic E-state index is 5.28. The molecule has 1 aromatic rings. The molecule has 0 aliphatic carbocycles. The van der Waals surface area contributed by atoms with Crippen molar-refractivity contribution in [2.45, 2.75) is 13.5 Å². The number of hydrogen-bond acceptors (Lipinski definition) is 4. The lowest BCUT2D eigenvalue weighted by atomic mass is 10.3. The van der Waals surface area contributed by atoms with Gasteiger partial charge in [0.05, 0.1) is 23.9 Å². The zero-order chi connectivity index (χ0) is 9.10. The van der Waals surface area contributed by atoms with Gasteiger partial charge in [0, 0.05) is 25.0 Å². The van der Waals surface area contributed by atoms with E-state index in [0.29, 0.717) is 0 Å². The summed E-state index contributed by atoms with van der Waals surface area (Å²) in [5.41, 5.74) is 1.20. The van der Waals surface area contributed by atoms with Gasteiger partial charge in [0.2, 0.25) is 0 Å². The van der Waals surface area contributed by atoms with Gasteiger partial charge in [-0.25, -0.2) is 4.98 Å². The highest BCUT2D eigenvalue weighted by Crippen LogP contribution is 2.11. The number of rotatable bonds is 2. The second-order valence-electron chi connectivity index (χ2n) is 3.25. The molecule has 1 aliphatic rings. The minimum atomic E-state index is 0.864. The fraction of sp³-hybridized carbons (Fsp3) is 0.667. The number of morpholine rings is 1. The van der Waals surface area contributed by atoms with Crippen LogP contribution >= 0.6 is 11.3 Å². The Bertz CT molecular complexity index is 268. The third-order valence-corrected chi connectivity index (χ3v) is 2.98. The topological polar surface area (TPSA) is 25.4 Å². The van der Waals surface area contributed by atoms with Crippen molar-refractivity contribution in [1.29, 1.82) is 0 Å². The van der Waals surface area contributed by atoms with Gasteiger partial charge in [0.25, 0.3) is 0 Å². The Morgan fingerprint density at radius 2 is 2.31 bits per heavy atom. The Balaban J connectivity index is 1.89. The summed E-state index contributed by atoms with van der Waals surface area (Å²) in [7, 11) is 0. The van der Waals surface area contributed by atoms with Crippen molar-refractivity contribution in [3.63, 3.8) is 0 Å².